The summed E-state index contributed by atoms with van der Waals surface area (Å²) in [5, 5.41) is 0.0725. The fourth-order valence-electron chi connectivity index (χ4n) is 3.24. The molecule has 0 aromatic heterocycles. The van der Waals surface area contributed by atoms with Gasteiger partial charge in [-0.05, 0) is 23.1 Å². The van der Waals surface area contributed by atoms with Crippen molar-refractivity contribution in [3.05, 3.63) is 60.2 Å². The van der Waals surface area contributed by atoms with Crippen LogP contribution in [-0.4, -0.2) is 42.2 Å². The zero-order chi connectivity index (χ0) is 19.1. The number of hydrogen-bond acceptors (Lipinski definition) is 4. The van der Waals surface area contributed by atoms with Crippen molar-refractivity contribution in [2.45, 2.75) is 25.0 Å². The van der Waals surface area contributed by atoms with Crippen molar-refractivity contribution >= 4 is 22.8 Å². The highest BCUT2D eigenvalue weighted by atomic mass is 32.2. The van der Waals surface area contributed by atoms with Gasteiger partial charge in [0, 0.05) is 31.7 Å². The van der Waals surface area contributed by atoms with E-state index >= 15 is 0 Å². The van der Waals surface area contributed by atoms with Gasteiger partial charge in [0.2, 0.25) is 5.91 Å². The Morgan fingerprint density at radius 3 is 2.26 bits per heavy atom. The molecule has 142 valence electrons. The number of rotatable bonds is 6. The summed E-state index contributed by atoms with van der Waals surface area (Å²) in [6, 6.07) is 18.5. The summed E-state index contributed by atoms with van der Waals surface area (Å²) in [5.74, 6) is 0.147. The Bertz CT molecular complexity index is 755. The van der Waals surface area contributed by atoms with E-state index in [9.17, 15) is 9.59 Å². The maximum atomic E-state index is 12.4. The molecule has 5 heteroatoms. The first-order valence-electron chi connectivity index (χ1n) is 9.31. The first-order chi connectivity index (χ1) is 13.1. The average molecular weight is 384 g/mol. The van der Waals surface area contributed by atoms with Gasteiger partial charge in [-0.1, -0.05) is 66.4 Å². The molecule has 0 bridgehead atoms. The van der Waals surface area contributed by atoms with Crippen molar-refractivity contribution in [3.63, 3.8) is 0 Å². The average Bonchev–Trinajstić information content (AvgIpc) is 2.72. The Hall–Kier alpha value is -2.11. The molecule has 1 aliphatic heterocycles. The topological polar surface area (TPSA) is 46.6 Å². The zero-order valence-corrected chi connectivity index (χ0v) is 16.4. The summed E-state index contributed by atoms with van der Waals surface area (Å²) in [6.07, 6.45) is 1.11. The number of nitrogens with zero attached hydrogens (tertiary/aromatic N) is 1. The summed E-state index contributed by atoms with van der Waals surface area (Å²) in [4.78, 5) is 26.0. The Labute approximate surface area is 164 Å². The van der Waals surface area contributed by atoms with E-state index in [1.165, 1.54) is 17.3 Å². The molecule has 0 saturated carbocycles. The van der Waals surface area contributed by atoms with Crippen LogP contribution in [0.15, 0.2) is 54.6 Å². The molecule has 1 heterocycles. The van der Waals surface area contributed by atoms with E-state index in [1.54, 1.807) is 6.92 Å². The number of ether oxygens (including phenoxy) is 1. The molecule has 27 heavy (non-hydrogen) atoms. The van der Waals surface area contributed by atoms with Crippen LogP contribution in [0.3, 0.4) is 0 Å². The molecule has 0 spiro atoms. The molecule has 2 aromatic rings. The zero-order valence-electron chi connectivity index (χ0n) is 15.6. The number of carbonyl (C=O) groups is 2. The molecule has 1 unspecified atom stereocenters. The molecule has 1 saturated heterocycles. The predicted molar refractivity (Wildman–Crippen MR) is 110 cm³/mol. The Balaban J connectivity index is 1.66. The van der Waals surface area contributed by atoms with Gasteiger partial charge in [0.15, 0.2) is 5.12 Å². The van der Waals surface area contributed by atoms with Gasteiger partial charge in [0.25, 0.3) is 0 Å². The molecule has 0 aliphatic carbocycles. The minimum Gasteiger partial charge on any atom is -0.378 e. The lowest BCUT2D eigenvalue weighted by atomic mass is 10.0. The second kappa shape index (κ2) is 9.72. The van der Waals surface area contributed by atoms with Crippen LogP contribution in [0.25, 0.3) is 11.1 Å². The number of morpholine rings is 1. The first-order valence-corrected chi connectivity index (χ1v) is 10.2. The van der Waals surface area contributed by atoms with Gasteiger partial charge in [0.05, 0.1) is 13.2 Å². The summed E-state index contributed by atoms with van der Waals surface area (Å²) >= 11 is 1.31. The van der Waals surface area contributed by atoms with Crippen molar-refractivity contribution in [1.29, 1.82) is 0 Å². The summed E-state index contributed by atoms with van der Waals surface area (Å²) in [7, 11) is 0. The summed E-state index contributed by atoms with van der Waals surface area (Å²) in [6.45, 7) is 4.13. The van der Waals surface area contributed by atoms with Gasteiger partial charge in [0.1, 0.15) is 0 Å². The first kappa shape index (κ1) is 19.6. The van der Waals surface area contributed by atoms with E-state index < -0.39 is 0 Å². The van der Waals surface area contributed by atoms with Crippen LogP contribution in [-0.2, 0) is 14.3 Å². The van der Waals surface area contributed by atoms with Crippen LogP contribution in [0.5, 0.6) is 0 Å². The fourth-order valence-corrected chi connectivity index (χ4v) is 4.17. The molecule has 1 atom stereocenters. The summed E-state index contributed by atoms with van der Waals surface area (Å²) in [5.41, 5.74) is 3.40. The van der Waals surface area contributed by atoms with Gasteiger partial charge in [-0.25, -0.2) is 0 Å². The third-order valence-corrected chi connectivity index (χ3v) is 5.81. The largest absolute Gasteiger partial charge is 0.378 e. The van der Waals surface area contributed by atoms with E-state index in [-0.39, 0.29) is 16.3 Å². The molecule has 4 nitrogen and oxygen atoms in total. The third-order valence-electron chi connectivity index (χ3n) is 4.68. The number of carbonyl (C=O) groups excluding carboxylic acids is 2. The second-order valence-electron chi connectivity index (χ2n) is 6.62. The standard InChI is InChI=1S/C22H25NO3S/c1-17(24)27-21(11-12-22(25)23-13-15-26-16-14-23)20-9-7-19(8-10-20)18-5-3-2-4-6-18/h2-10,21H,11-16H2,1H3. The van der Waals surface area contributed by atoms with E-state index in [4.69, 9.17) is 4.74 Å². The molecule has 2 aromatic carbocycles. The van der Waals surface area contributed by atoms with Crippen molar-refractivity contribution in [3.8, 4) is 11.1 Å². The highest BCUT2D eigenvalue weighted by Gasteiger charge is 2.21. The summed E-state index contributed by atoms with van der Waals surface area (Å²) < 4.78 is 5.30. The molecular formula is C22H25NO3S. The van der Waals surface area contributed by atoms with Gasteiger partial charge >= 0.3 is 0 Å². The third kappa shape index (κ3) is 5.68. The van der Waals surface area contributed by atoms with Crippen LogP contribution in [0.4, 0.5) is 0 Å². The molecule has 0 N–H and O–H groups in total. The monoisotopic (exact) mass is 383 g/mol. The van der Waals surface area contributed by atoms with E-state index in [0.717, 1.165) is 11.1 Å². The van der Waals surface area contributed by atoms with Crippen molar-refractivity contribution in [2.75, 3.05) is 26.3 Å². The number of amides is 1. The van der Waals surface area contributed by atoms with E-state index in [0.29, 0.717) is 39.1 Å². The molecule has 1 amide bonds. The highest BCUT2D eigenvalue weighted by molar-refractivity contribution is 8.13. The highest BCUT2D eigenvalue weighted by Crippen LogP contribution is 2.35. The minimum absolute atomic E-state index is 0.00249. The molecule has 1 aliphatic rings. The van der Waals surface area contributed by atoms with Crippen LogP contribution < -0.4 is 0 Å². The van der Waals surface area contributed by atoms with Gasteiger partial charge < -0.3 is 9.64 Å². The molecule has 3 rings (SSSR count). The fraction of sp³-hybridized carbons (Fsp3) is 0.364. The van der Waals surface area contributed by atoms with Crippen molar-refractivity contribution in [1.82, 2.24) is 4.90 Å². The Kier molecular flexibility index (Phi) is 7.07. The van der Waals surface area contributed by atoms with Crippen LogP contribution in [0.2, 0.25) is 0 Å². The smallest absolute Gasteiger partial charge is 0.222 e. The number of hydrogen-bond donors (Lipinski definition) is 0. The van der Waals surface area contributed by atoms with Gasteiger partial charge in [-0.2, -0.15) is 0 Å². The molecule has 0 radical (unpaired) electrons. The van der Waals surface area contributed by atoms with Crippen molar-refractivity contribution < 1.29 is 14.3 Å². The van der Waals surface area contributed by atoms with Gasteiger partial charge in [-0.3, -0.25) is 9.59 Å². The Morgan fingerprint density at radius 2 is 1.63 bits per heavy atom. The number of thioether (sulfide) groups is 1. The second-order valence-corrected chi connectivity index (χ2v) is 8.00. The van der Waals surface area contributed by atoms with Crippen LogP contribution in [0, 0.1) is 0 Å². The van der Waals surface area contributed by atoms with E-state index in [1.807, 2.05) is 23.1 Å². The maximum Gasteiger partial charge on any atom is 0.222 e. The quantitative estimate of drug-likeness (QED) is 0.746. The lowest BCUT2D eigenvalue weighted by Gasteiger charge is -2.27. The van der Waals surface area contributed by atoms with Crippen LogP contribution in [0.1, 0.15) is 30.6 Å². The van der Waals surface area contributed by atoms with Crippen LogP contribution >= 0.6 is 11.8 Å². The maximum absolute atomic E-state index is 12.4. The SMILES string of the molecule is CC(=O)SC(CCC(=O)N1CCOCC1)c1ccc(-c2ccccc2)cc1. The lowest BCUT2D eigenvalue weighted by molar-refractivity contribution is -0.135. The number of benzene rings is 2. The predicted octanol–water partition coefficient (Wildman–Crippen LogP) is 4.31. The van der Waals surface area contributed by atoms with Crippen molar-refractivity contribution in [2.24, 2.45) is 0 Å². The lowest BCUT2D eigenvalue weighted by Crippen LogP contribution is -2.40. The van der Waals surface area contributed by atoms with Gasteiger partial charge in [-0.15, -0.1) is 0 Å². The molecular weight excluding hydrogens is 358 g/mol. The normalized spacial score (nSPS) is 15.4. The van der Waals surface area contributed by atoms with E-state index in [2.05, 4.69) is 36.4 Å². The molecule has 1 fully saturated rings. The Morgan fingerprint density at radius 1 is 1.00 bits per heavy atom. The minimum atomic E-state index is -0.00249.